The molecule has 0 saturated heterocycles. The molecule has 0 spiro atoms. The highest BCUT2D eigenvalue weighted by Gasteiger charge is 2.26. The molecule has 0 aliphatic heterocycles. The van der Waals surface area contributed by atoms with Crippen molar-refractivity contribution in [2.75, 3.05) is 0 Å². The Morgan fingerprint density at radius 2 is 1.47 bits per heavy atom. The van der Waals surface area contributed by atoms with E-state index >= 15 is 0 Å². The van der Waals surface area contributed by atoms with Crippen molar-refractivity contribution < 1.29 is 9.59 Å². The van der Waals surface area contributed by atoms with E-state index in [1.165, 1.54) is 11.1 Å². The minimum Gasteiger partial charge on any atom is -0.352 e. The van der Waals surface area contributed by atoms with Gasteiger partial charge < -0.3 is 10.2 Å². The Bertz CT molecular complexity index is 812. The number of aryl methyl sites for hydroxylation is 3. The third-order valence-electron chi connectivity index (χ3n) is 5.70. The zero-order chi connectivity index (χ0) is 22.1. The smallest absolute Gasteiger partial charge is 0.242 e. The summed E-state index contributed by atoms with van der Waals surface area (Å²) in [5, 5.41) is 3.01. The van der Waals surface area contributed by atoms with Crippen LogP contribution in [0.5, 0.6) is 0 Å². The Kier molecular flexibility index (Phi) is 9.10. The molecule has 2 rings (SSSR count). The maximum atomic E-state index is 13.2. The van der Waals surface area contributed by atoms with Crippen molar-refractivity contribution in [3.05, 3.63) is 70.8 Å². The molecular formula is C26H36N2O2. The fraction of sp³-hybridized carbons (Fsp3) is 0.462. The lowest BCUT2D eigenvalue weighted by Crippen LogP contribution is -2.49. The summed E-state index contributed by atoms with van der Waals surface area (Å²) in [6.45, 7) is 10.4. The summed E-state index contributed by atoms with van der Waals surface area (Å²) in [5.41, 5.74) is 4.65. The van der Waals surface area contributed by atoms with Gasteiger partial charge in [-0.2, -0.15) is 0 Å². The third kappa shape index (κ3) is 7.01. The van der Waals surface area contributed by atoms with E-state index in [1.54, 1.807) is 4.90 Å². The van der Waals surface area contributed by atoms with E-state index in [0.717, 1.165) is 24.0 Å². The zero-order valence-corrected chi connectivity index (χ0v) is 19.1. The van der Waals surface area contributed by atoms with Crippen LogP contribution in [0.1, 0.15) is 62.8 Å². The van der Waals surface area contributed by atoms with Gasteiger partial charge >= 0.3 is 0 Å². The van der Waals surface area contributed by atoms with Gasteiger partial charge in [-0.15, -0.1) is 0 Å². The highest BCUT2D eigenvalue weighted by atomic mass is 16.2. The van der Waals surface area contributed by atoms with Crippen LogP contribution in [-0.2, 0) is 29.0 Å². The second-order valence-corrected chi connectivity index (χ2v) is 8.17. The number of carbonyl (C=O) groups is 2. The lowest BCUT2D eigenvalue weighted by atomic mass is 10.0. The number of hydrogen-bond acceptors (Lipinski definition) is 2. The molecule has 0 saturated carbocycles. The molecule has 30 heavy (non-hydrogen) atoms. The summed E-state index contributed by atoms with van der Waals surface area (Å²) in [6.07, 6.45) is 2.93. The Morgan fingerprint density at radius 3 is 2.03 bits per heavy atom. The van der Waals surface area contributed by atoms with Crippen LogP contribution in [0, 0.1) is 6.92 Å². The van der Waals surface area contributed by atoms with E-state index in [-0.39, 0.29) is 17.9 Å². The normalized spacial score (nSPS) is 12.8. The first-order valence-electron chi connectivity index (χ1n) is 11.1. The maximum absolute atomic E-state index is 13.2. The fourth-order valence-corrected chi connectivity index (χ4v) is 3.27. The summed E-state index contributed by atoms with van der Waals surface area (Å²) in [5.74, 6) is -0.0981. The van der Waals surface area contributed by atoms with Gasteiger partial charge in [-0.3, -0.25) is 9.59 Å². The minimum atomic E-state index is -0.518. The number of benzene rings is 2. The molecule has 0 aromatic heterocycles. The second kappa shape index (κ2) is 11.5. The minimum absolute atomic E-state index is 0.00180. The molecule has 2 aromatic carbocycles. The Morgan fingerprint density at radius 1 is 0.900 bits per heavy atom. The van der Waals surface area contributed by atoms with Crippen molar-refractivity contribution >= 4 is 11.8 Å². The van der Waals surface area contributed by atoms with Gasteiger partial charge in [0, 0.05) is 19.0 Å². The predicted octanol–water partition coefficient (Wildman–Crippen LogP) is 4.82. The van der Waals surface area contributed by atoms with E-state index < -0.39 is 6.04 Å². The molecule has 2 amide bonds. The largest absolute Gasteiger partial charge is 0.352 e. The van der Waals surface area contributed by atoms with Crippen molar-refractivity contribution in [3.63, 3.8) is 0 Å². The van der Waals surface area contributed by atoms with E-state index in [2.05, 4.69) is 36.5 Å². The van der Waals surface area contributed by atoms with Crippen molar-refractivity contribution in [1.29, 1.82) is 0 Å². The highest BCUT2D eigenvalue weighted by Crippen LogP contribution is 2.14. The predicted molar refractivity (Wildman–Crippen MR) is 123 cm³/mol. The molecule has 0 unspecified atom stereocenters. The van der Waals surface area contributed by atoms with Crippen LogP contribution in [0.4, 0.5) is 0 Å². The second-order valence-electron chi connectivity index (χ2n) is 8.17. The molecule has 1 N–H and O–H groups in total. The van der Waals surface area contributed by atoms with Crippen LogP contribution in [-0.4, -0.2) is 28.8 Å². The lowest BCUT2D eigenvalue weighted by molar-refractivity contribution is -0.140. The summed E-state index contributed by atoms with van der Waals surface area (Å²) < 4.78 is 0. The highest BCUT2D eigenvalue weighted by molar-refractivity contribution is 5.87. The van der Waals surface area contributed by atoms with E-state index in [4.69, 9.17) is 0 Å². The molecule has 0 aliphatic rings. The fourth-order valence-electron chi connectivity index (χ4n) is 3.27. The van der Waals surface area contributed by atoms with Crippen molar-refractivity contribution in [3.8, 4) is 0 Å². The quantitative estimate of drug-likeness (QED) is 0.613. The number of rotatable bonds is 10. The van der Waals surface area contributed by atoms with Gasteiger partial charge in [-0.1, -0.05) is 67.9 Å². The molecule has 0 fully saturated rings. The van der Waals surface area contributed by atoms with Crippen LogP contribution in [0.3, 0.4) is 0 Å². The summed E-state index contributed by atoms with van der Waals surface area (Å²) >= 11 is 0. The molecular weight excluding hydrogens is 372 g/mol. The zero-order valence-electron chi connectivity index (χ0n) is 19.1. The third-order valence-corrected chi connectivity index (χ3v) is 5.70. The van der Waals surface area contributed by atoms with Gasteiger partial charge in [0.25, 0.3) is 0 Å². The summed E-state index contributed by atoms with van der Waals surface area (Å²) in [7, 11) is 0. The van der Waals surface area contributed by atoms with Crippen molar-refractivity contribution in [2.24, 2.45) is 0 Å². The monoisotopic (exact) mass is 408 g/mol. The van der Waals surface area contributed by atoms with E-state index in [1.807, 2.05) is 52.0 Å². The van der Waals surface area contributed by atoms with Gasteiger partial charge in [0.2, 0.25) is 11.8 Å². The molecule has 0 radical (unpaired) electrons. The Labute approximate surface area is 181 Å². The molecule has 4 nitrogen and oxygen atoms in total. The number of amides is 2. The molecule has 162 valence electrons. The number of nitrogens with zero attached hydrogens (tertiary/aromatic N) is 1. The maximum Gasteiger partial charge on any atom is 0.242 e. The van der Waals surface area contributed by atoms with Gasteiger partial charge in [0.15, 0.2) is 0 Å². The van der Waals surface area contributed by atoms with Crippen molar-refractivity contribution in [1.82, 2.24) is 10.2 Å². The molecule has 2 atom stereocenters. The molecule has 0 aliphatic carbocycles. The Hall–Kier alpha value is -2.62. The average Bonchev–Trinajstić information content (AvgIpc) is 2.76. The van der Waals surface area contributed by atoms with Crippen LogP contribution in [0.15, 0.2) is 48.5 Å². The van der Waals surface area contributed by atoms with Gasteiger partial charge in [0.05, 0.1) is 0 Å². The molecule has 0 bridgehead atoms. The summed E-state index contributed by atoms with van der Waals surface area (Å²) in [6, 6.07) is 16.1. The number of hydrogen-bond donors (Lipinski definition) is 1. The number of carbonyl (C=O) groups excluding carboxylic acids is 2. The lowest BCUT2D eigenvalue weighted by Gasteiger charge is -2.30. The van der Waals surface area contributed by atoms with Gasteiger partial charge in [0.1, 0.15) is 6.04 Å². The first kappa shape index (κ1) is 23.7. The average molecular weight is 409 g/mol. The van der Waals surface area contributed by atoms with Crippen LogP contribution >= 0.6 is 0 Å². The molecule has 2 aromatic rings. The molecule has 4 heteroatoms. The molecule has 0 heterocycles. The first-order valence-corrected chi connectivity index (χ1v) is 11.1. The Balaban J connectivity index is 2.12. The van der Waals surface area contributed by atoms with Crippen LogP contribution < -0.4 is 5.32 Å². The SMILES string of the molecule is CCc1ccc(CCC(=O)N(Cc2ccc(C)cc2)[C@@H](C)C(=O)N[C@H](C)CC)cc1. The topological polar surface area (TPSA) is 49.4 Å². The van der Waals surface area contributed by atoms with Crippen LogP contribution in [0.25, 0.3) is 0 Å². The first-order chi connectivity index (χ1) is 14.3. The standard InChI is InChI=1S/C26H36N2O2/c1-6-20(4)27-26(30)21(5)28(18-24-10-8-19(3)9-11-24)25(29)17-16-23-14-12-22(7-2)13-15-23/h8-15,20-21H,6-7,16-18H2,1-5H3,(H,27,30)/t20-,21+/m1/s1. The van der Waals surface area contributed by atoms with Crippen LogP contribution in [0.2, 0.25) is 0 Å². The van der Waals surface area contributed by atoms with Gasteiger partial charge in [-0.25, -0.2) is 0 Å². The van der Waals surface area contributed by atoms with Crippen molar-refractivity contribution in [2.45, 2.75) is 78.9 Å². The summed E-state index contributed by atoms with van der Waals surface area (Å²) in [4.78, 5) is 27.6. The van der Waals surface area contributed by atoms with E-state index in [0.29, 0.717) is 19.4 Å². The van der Waals surface area contributed by atoms with Gasteiger partial charge in [-0.05, 0) is 56.7 Å². The van der Waals surface area contributed by atoms with E-state index in [9.17, 15) is 9.59 Å². The number of nitrogens with one attached hydrogen (secondary N) is 1.